The Hall–Kier alpha value is -1.79. The fraction of sp³-hybridized carbons (Fsp3) is 0.444. The molecule has 2 aromatic rings. The zero-order valence-corrected chi connectivity index (χ0v) is 14.8. The summed E-state index contributed by atoms with van der Waals surface area (Å²) in [6, 6.07) is 7.89. The van der Waals surface area contributed by atoms with Gasteiger partial charge in [-0.15, -0.1) is 0 Å². The number of aryl methyl sites for hydroxylation is 1. The van der Waals surface area contributed by atoms with Crippen LogP contribution >= 0.6 is 11.8 Å². The number of nitrogens with one attached hydrogen (secondary N) is 1. The van der Waals surface area contributed by atoms with Crippen molar-refractivity contribution in [1.29, 1.82) is 0 Å². The lowest BCUT2D eigenvalue weighted by molar-refractivity contribution is -0.119. The highest BCUT2D eigenvalue weighted by atomic mass is 32.2. The highest BCUT2D eigenvalue weighted by molar-refractivity contribution is 7.99. The van der Waals surface area contributed by atoms with E-state index in [1.54, 1.807) is 7.11 Å². The standard InChI is InChI=1S/C18H22N2O3S/c1-12-8-13-9-14(22-2)5-6-16(13)20-18(12)24-11-17(21)19-10-15-4-3-7-23-15/h5-6,8-9,15H,3-4,7,10-11H2,1-2H3,(H,19,21). The third-order valence-electron chi connectivity index (χ3n) is 4.06. The lowest BCUT2D eigenvalue weighted by Crippen LogP contribution is -2.32. The van der Waals surface area contributed by atoms with Gasteiger partial charge < -0.3 is 14.8 Å². The van der Waals surface area contributed by atoms with E-state index < -0.39 is 0 Å². The Morgan fingerprint density at radius 1 is 1.46 bits per heavy atom. The Bertz CT molecular complexity index is 730. The van der Waals surface area contributed by atoms with Gasteiger partial charge in [-0.3, -0.25) is 4.79 Å². The monoisotopic (exact) mass is 346 g/mol. The van der Waals surface area contributed by atoms with E-state index in [2.05, 4.69) is 16.4 Å². The van der Waals surface area contributed by atoms with Crippen molar-refractivity contribution in [2.75, 3.05) is 26.0 Å². The molecule has 2 heterocycles. The molecule has 1 aromatic carbocycles. The van der Waals surface area contributed by atoms with Gasteiger partial charge in [0.15, 0.2) is 0 Å². The fourth-order valence-electron chi connectivity index (χ4n) is 2.73. The molecular weight excluding hydrogens is 324 g/mol. The molecule has 1 amide bonds. The molecule has 1 atom stereocenters. The highest BCUT2D eigenvalue weighted by Crippen LogP contribution is 2.26. The quantitative estimate of drug-likeness (QED) is 0.815. The number of aromatic nitrogens is 1. The van der Waals surface area contributed by atoms with E-state index in [1.807, 2.05) is 25.1 Å². The average Bonchev–Trinajstić information content (AvgIpc) is 3.11. The summed E-state index contributed by atoms with van der Waals surface area (Å²) in [5.74, 6) is 1.20. The Balaban J connectivity index is 1.59. The van der Waals surface area contributed by atoms with Crippen LogP contribution in [0.4, 0.5) is 0 Å². The van der Waals surface area contributed by atoms with E-state index in [0.717, 1.165) is 46.7 Å². The van der Waals surface area contributed by atoms with Gasteiger partial charge in [-0.05, 0) is 49.6 Å². The molecule has 1 N–H and O–H groups in total. The summed E-state index contributed by atoms with van der Waals surface area (Å²) < 4.78 is 10.8. The van der Waals surface area contributed by atoms with Gasteiger partial charge >= 0.3 is 0 Å². The SMILES string of the molecule is COc1ccc2nc(SCC(=O)NCC3CCCO3)c(C)cc2c1. The smallest absolute Gasteiger partial charge is 0.230 e. The van der Waals surface area contributed by atoms with E-state index in [0.29, 0.717) is 12.3 Å². The maximum Gasteiger partial charge on any atom is 0.230 e. The predicted molar refractivity (Wildman–Crippen MR) is 95.7 cm³/mol. The van der Waals surface area contributed by atoms with Crippen molar-refractivity contribution < 1.29 is 14.3 Å². The van der Waals surface area contributed by atoms with Crippen LogP contribution in [-0.2, 0) is 9.53 Å². The molecule has 1 aromatic heterocycles. The van der Waals surface area contributed by atoms with Crippen LogP contribution in [0.2, 0.25) is 0 Å². The van der Waals surface area contributed by atoms with Gasteiger partial charge in [0.1, 0.15) is 10.8 Å². The number of pyridine rings is 1. The lowest BCUT2D eigenvalue weighted by atomic mass is 10.1. The number of hydrogen-bond donors (Lipinski definition) is 1. The lowest BCUT2D eigenvalue weighted by Gasteiger charge is -2.11. The summed E-state index contributed by atoms with van der Waals surface area (Å²) in [5, 5.41) is 4.87. The second-order valence-electron chi connectivity index (χ2n) is 5.90. The third kappa shape index (κ3) is 4.19. The second-order valence-corrected chi connectivity index (χ2v) is 6.86. The molecule has 6 heteroatoms. The van der Waals surface area contributed by atoms with Crippen LogP contribution in [0.3, 0.4) is 0 Å². The minimum absolute atomic E-state index is 0.0199. The van der Waals surface area contributed by atoms with Gasteiger partial charge in [0, 0.05) is 18.5 Å². The summed E-state index contributed by atoms with van der Waals surface area (Å²) in [6.45, 7) is 3.42. The molecule has 1 aliphatic heterocycles. The van der Waals surface area contributed by atoms with Gasteiger partial charge in [0.25, 0.3) is 0 Å². The number of carbonyl (C=O) groups excluding carboxylic acids is 1. The Morgan fingerprint density at radius 2 is 2.33 bits per heavy atom. The maximum atomic E-state index is 12.0. The van der Waals surface area contributed by atoms with Crippen LogP contribution in [0.15, 0.2) is 29.3 Å². The Kier molecular flexibility index (Phi) is 5.58. The van der Waals surface area contributed by atoms with Crippen molar-refractivity contribution in [2.45, 2.75) is 30.9 Å². The van der Waals surface area contributed by atoms with Gasteiger partial charge in [0.2, 0.25) is 5.91 Å². The molecule has 1 saturated heterocycles. The number of methoxy groups -OCH3 is 1. The first-order valence-corrected chi connectivity index (χ1v) is 9.11. The molecule has 0 spiro atoms. The van der Waals surface area contributed by atoms with Gasteiger partial charge in [0.05, 0.1) is 24.5 Å². The van der Waals surface area contributed by atoms with E-state index in [1.165, 1.54) is 11.8 Å². The number of thioether (sulfide) groups is 1. The predicted octanol–water partition coefficient (Wildman–Crippen LogP) is 2.94. The largest absolute Gasteiger partial charge is 0.497 e. The van der Waals surface area contributed by atoms with Crippen LogP contribution in [0, 0.1) is 6.92 Å². The summed E-state index contributed by atoms with van der Waals surface area (Å²) in [6.07, 6.45) is 2.29. The molecule has 1 unspecified atom stereocenters. The number of rotatable bonds is 6. The number of benzene rings is 1. The second kappa shape index (κ2) is 7.85. The van der Waals surface area contributed by atoms with E-state index in [4.69, 9.17) is 9.47 Å². The Morgan fingerprint density at radius 3 is 3.08 bits per heavy atom. The number of ether oxygens (including phenoxy) is 2. The molecule has 0 radical (unpaired) electrons. The number of fused-ring (bicyclic) bond motifs is 1. The van der Waals surface area contributed by atoms with E-state index in [9.17, 15) is 4.79 Å². The summed E-state index contributed by atoms with van der Waals surface area (Å²) in [5.41, 5.74) is 1.97. The van der Waals surface area contributed by atoms with Crippen molar-refractivity contribution in [2.24, 2.45) is 0 Å². The zero-order chi connectivity index (χ0) is 16.9. The van der Waals surface area contributed by atoms with Crippen LogP contribution in [-0.4, -0.2) is 43.0 Å². The van der Waals surface area contributed by atoms with Crippen molar-refractivity contribution >= 4 is 28.6 Å². The first-order valence-electron chi connectivity index (χ1n) is 8.12. The number of nitrogens with zero attached hydrogens (tertiary/aromatic N) is 1. The minimum Gasteiger partial charge on any atom is -0.497 e. The molecule has 5 nitrogen and oxygen atoms in total. The average molecular weight is 346 g/mol. The maximum absolute atomic E-state index is 12.0. The molecule has 0 aliphatic carbocycles. The van der Waals surface area contributed by atoms with Crippen LogP contribution < -0.4 is 10.1 Å². The van der Waals surface area contributed by atoms with Gasteiger partial charge in [-0.25, -0.2) is 4.98 Å². The molecule has 128 valence electrons. The molecule has 0 bridgehead atoms. The molecule has 3 rings (SSSR count). The zero-order valence-electron chi connectivity index (χ0n) is 14.0. The molecule has 1 aliphatic rings. The molecule has 1 fully saturated rings. The van der Waals surface area contributed by atoms with Crippen molar-refractivity contribution in [3.63, 3.8) is 0 Å². The number of hydrogen-bond acceptors (Lipinski definition) is 5. The van der Waals surface area contributed by atoms with Gasteiger partial charge in [-0.1, -0.05) is 11.8 Å². The van der Waals surface area contributed by atoms with Crippen molar-refractivity contribution in [1.82, 2.24) is 10.3 Å². The molecule has 24 heavy (non-hydrogen) atoms. The number of carbonyl (C=O) groups is 1. The summed E-state index contributed by atoms with van der Waals surface area (Å²) in [4.78, 5) is 16.7. The van der Waals surface area contributed by atoms with Crippen LogP contribution in [0.1, 0.15) is 18.4 Å². The van der Waals surface area contributed by atoms with Crippen LogP contribution in [0.5, 0.6) is 5.75 Å². The minimum atomic E-state index is 0.0199. The van der Waals surface area contributed by atoms with Crippen LogP contribution in [0.25, 0.3) is 10.9 Å². The normalized spacial score (nSPS) is 17.2. The number of amides is 1. The third-order valence-corrected chi connectivity index (χ3v) is 5.15. The van der Waals surface area contributed by atoms with Crippen molar-refractivity contribution in [3.05, 3.63) is 29.8 Å². The molecular formula is C18H22N2O3S. The highest BCUT2D eigenvalue weighted by Gasteiger charge is 2.16. The Labute approximate surface area is 146 Å². The fourth-order valence-corrected chi connectivity index (χ4v) is 3.55. The van der Waals surface area contributed by atoms with E-state index in [-0.39, 0.29) is 12.0 Å². The first-order chi connectivity index (χ1) is 11.7. The first kappa shape index (κ1) is 17.0. The summed E-state index contributed by atoms with van der Waals surface area (Å²) >= 11 is 1.47. The summed E-state index contributed by atoms with van der Waals surface area (Å²) in [7, 11) is 1.65. The van der Waals surface area contributed by atoms with E-state index >= 15 is 0 Å². The molecule has 0 saturated carbocycles. The van der Waals surface area contributed by atoms with Gasteiger partial charge in [-0.2, -0.15) is 0 Å². The van der Waals surface area contributed by atoms with Crippen molar-refractivity contribution in [3.8, 4) is 5.75 Å². The topological polar surface area (TPSA) is 60.5 Å².